The van der Waals surface area contributed by atoms with Gasteiger partial charge in [0.1, 0.15) is 5.82 Å². The number of piperidine rings is 1. The largest absolute Gasteiger partial charge is 0.355 e. The summed E-state index contributed by atoms with van der Waals surface area (Å²) in [5, 5.41) is 0. The molecule has 0 bridgehead atoms. The number of fused-ring (bicyclic) bond motifs is 3. The van der Waals surface area contributed by atoms with Gasteiger partial charge < -0.3 is 4.90 Å². The molecule has 1 fully saturated rings. The van der Waals surface area contributed by atoms with Crippen LogP contribution in [0.2, 0.25) is 0 Å². The monoisotopic (exact) mass is 301 g/mol. The average molecular weight is 301 g/mol. The zero-order chi connectivity index (χ0) is 15.3. The SMILES string of the molecule is CCc1nc(N2CCCCC2)c2c(n1)nc1[nH]c(=O)n(C)n12. The zero-order valence-electron chi connectivity index (χ0n) is 12.8. The molecule has 0 aliphatic carbocycles. The Labute approximate surface area is 126 Å². The number of hydrogen-bond acceptors (Lipinski definition) is 5. The van der Waals surface area contributed by atoms with E-state index in [0.717, 1.165) is 36.7 Å². The smallest absolute Gasteiger partial charge is 0.343 e. The molecule has 4 rings (SSSR count). The number of anilines is 1. The minimum absolute atomic E-state index is 0.187. The van der Waals surface area contributed by atoms with Gasteiger partial charge in [-0.05, 0) is 19.3 Å². The molecule has 0 radical (unpaired) electrons. The van der Waals surface area contributed by atoms with Crippen molar-refractivity contribution in [3.8, 4) is 0 Å². The summed E-state index contributed by atoms with van der Waals surface area (Å²) in [6.07, 6.45) is 4.36. The van der Waals surface area contributed by atoms with Crippen LogP contribution < -0.4 is 10.6 Å². The average Bonchev–Trinajstić information content (AvgIpc) is 3.03. The molecule has 22 heavy (non-hydrogen) atoms. The van der Waals surface area contributed by atoms with Crippen molar-refractivity contribution in [1.29, 1.82) is 0 Å². The van der Waals surface area contributed by atoms with Crippen LogP contribution in [-0.4, -0.2) is 42.2 Å². The highest BCUT2D eigenvalue weighted by Crippen LogP contribution is 2.26. The number of aromatic nitrogens is 6. The molecule has 0 saturated carbocycles. The van der Waals surface area contributed by atoms with E-state index in [1.54, 1.807) is 11.6 Å². The Morgan fingerprint density at radius 3 is 2.64 bits per heavy atom. The Morgan fingerprint density at radius 2 is 1.91 bits per heavy atom. The molecule has 1 aliphatic heterocycles. The van der Waals surface area contributed by atoms with E-state index in [-0.39, 0.29) is 5.69 Å². The molecule has 1 aliphatic rings. The maximum absolute atomic E-state index is 11.8. The number of nitrogens with zero attached hydrogens (tertiary/aromatic N) is 6. The molecule has 0 unspecified atom stereocenters. The van der Waals surface area contributed by atoms with E-state index in [9.17, 15) is 4.79 Å². The Kier molecular flexibility index (Phi) is 2.91. The second-order valence-corrected chi connectivity index (χ2v) is 5.74. The molecule has 0 amide bonds. The summed E-state index contributed by atoms with van der Waals surface area (Å²) in [5.74, 6) is 2.20. The van der Waals surface area contributed by atoms with E-state index >= 15 is 0 Å². The van der Waals surface area contributed by atoms with Gasteiger partial charge in [0.2, 0.25) is 5.78 Å². The van der Waals surface area contributed by atoms with Crippen molar-refractivity contribution in [3.63, 3.8) is 0 Å². The third kappa shape index (κ3) is 1.83. The zero-order valence-corrected chi connectivity index (χ0v) is 12.8. The highest BCUT2D eigenvalue weighted by molar-refractivity contribution is 5.86. The Bertz CT molecular complexity index is 897. The van der Waals surface area contributed by atoms with Crippen LogP contribution in [0.25, 0.3) is 16.9 Å². The fourth-order valence-corrected chi connectivity index (χ4v) is 3.12. The van der Waals surface area contributed by atoms with Crippen molar-refractivity contribution < 1.29 is 0 Å². The maximum atomic E-state index is 11.8. The topological polar surface area (TPSA) is 84.1 Å². The fourth-order valence-electron chi connectivity index (χ4n) is 3.12. The van der Waals surface area contributed by atoms with Gasteiger partial charge in [0.15, 0.2) is 17.0 Å². The Hall–Kier alpha value is -2.38. The van der Waals surface area contributed by atoms with Gasteiger partial charge in [-0.1, -0.05) is 6.92 Å². The number of hydrogen-bond donors (Lipinski definition) is 1. The van der Waals surface area contributed by atoms with Crippen LogP contribution >= 0.6 is 0 Å². The number of aromatic amines is 1. The lowest BCUT2D eigenvalue weighted by Gasteiger charge is -2.28. The van der Waals surface area contributed by atoms with Gasteiger partial charge in [-0.3, -0.25) is 4.98 Å². The number of H-pyrrole nitrogens is 1. The Balaban J connectivity index is 2.05. The van der Waals surface area contributed by atoms with E-state index in [1.807, 2.05) is 6.92 Å². The summed E-state index contributed by atoms with van der Waals surface area (Å²) in [6, 6.07) is 0. The number of nitrogens with one attached hydrogen (secondary N) is 1. The standard InChI is InChI=1S/C14H19N7O/c1-3-9-15-11-10(12(16-9)20-7-5-4-6-8-20)21-13(17-11)18-14(22)19(21)2/h3-8H2,1-2H3,(H,15,16,17,18,22). The molecule has 0 aromatic carbocycles. The third-order valence-corrected chi connectivity index (χ3v) is 4.30. The Morgan fingerprint density at radius 1 is 1.14 bits per heavy atom. The van der Waals surface area contributed by atoms with Crippen molar-refractivity contribution in [1.82, 2.24) is 29.1 Å². The summed E-state index contributed by atoms with van der Waals surface area (Å²) in [7, 11) is 1.72. The van der Waals surface area contributed by atoms with Gasteiger partial charge in [-0.2, -0.15) is 4.98 Å². The van der Waals surface area contributed by atoms with Crippen molar-refractivity contribution in [2.24, 2.45) is 7.05 Å². The summed E-state index contributed by atoms with van der Waals surface area (Å²) in [6.45, 7) is 4.01. The molecule has 8 heteroatoms. The van der Waals surface area contributed by atoms with Crippen LogP contribution in [0.4, 0.5) is 5.82 Å². The number of aryl methyl sites for hydroxylation is 2. The molecule has 116 valence electrons. The molecule has 3 aromatic rings. The summed E-state index contributed by atoms with van der Waals surface area (Å²) >= 11 is 0. The molecule has 1 N–H and O–H groups in total. The first kappa shape index (κ1) is 13.3. The van der Waals surface area contributed by atoms with Gasteiger partial charge in [-0.15, -0.1) is 0 Å². The molecule has 0 spiro atoms. The second kappa shape index (κ2) is 4.82. The molecule has 1 saturated heterocycles. The fraction of sp³-hybridized carbons (Fsp3) is 0.571. The van der Waals surface area contributed by atoms with E-state index in [1.165, 1.54) is 23.9 Å². The second-order valence-electron chi connectivity index (χ2n) is 5.74. The van der Waals surface area contributed by atoms with Crippen LogP contribution in [0.3, 0.4) is 0 Å². The summed E-state index contributed by atoms with van der Waals surface area (Å²) in [5.41, 5.74) is 1.28. The van der Waals surface area contributed by atoms with E-state index in [4.69, 9.17) is 4.98 Å². The molecular weight excluding hydrogens is 282 g/mol. The molecular formula is C14H19N7O. The van der Waals surface area contributed by atoms with Crippen LogP contribution in [0.15, 0.2) is 4.79 Å². The van der Waals surface area contributed by atoms with E-state index < -0.39 is 0 Å². The molecule has 0 atom stereocenters. The molecule has 4 heterocycles. The number of rotatable bonds is 2. The van der Waals surface area contributed by atoms with Crippen molar-refractivity contribution >= 4 is 22.8 Å². The summed E-state index contributed by atoms with van der Waals surface area (Å²) in [4.78, 5) is 30.6. The van der Waals surface area contributed by atoms with Crippen LogP contribution in [0.5, 0.6) is 0 Å². The lowest BCUT2D eigenvalue weighted by molar-refractivity contribution is 0.572. The van der Waals surface area contributed by atoms with Crippen LogP contribution in [0.1, 0.15) is 32.0 Å². The number of imidazole rings is 1. The molecule has 3 aromatic heterocycles. The van der Waals surface area contributed by atoms with Crippen LogP contribution in [0, 0.1) is 0 Å². The lowest BCUT2D eigenvalue weighted by Crippen LogP contribution is -2.31. The quantitative estimate of drug-likeness (QED) is 0.759. The summed E-state index contributed by atoms with van der Waals surface area (Å²) < 4.78 is 3.30. The predicted molar refractivity (Wildman–Crippen MR) is 83.3 cm³/mol. The lowest BCUT2D eigenvalue weighted by atomic mass is 10.1. The highest BCUT2D eigenvalue weighted by Gasteiger charge is 2.22. The van der Waals surface area contributed by atoms with E-state index in [2.05, 4.69) is 19.9 Å². The van der Waals surface area contributed by atoms with Gasteiger partial charge in [0.25, 0.3) is 0 Å². The first-order chi connectivity index (χ1) is 10.7. The van der Waals surface area contributed by atoms with Gasteiger partial charge in [0, 0.05) is 26.6 Å². The molecule has 8 nitrogen and oxygen atoms in total. The first-order valence-corrected chi connectivity index (χ1v) is 7.78. The third-order valence-electron chi connectivity index (χ3n) is 4.30. The maximum Gasteiger partial charge on any atom is 0.343 e. The van der Waals surface area contributed by atoms with Crippen molar-refractivity contribution in [3.05, 3.63) is 16.3 Å². The predicted octanol–water partition coefficient (Wildman–Crippen LogP) is 0.857. The highest BCUT2D eigenvalue weighted by atomic mass is 16.2. The van der Waals surface area contributed by atoms with Gasteiger partial charge in [-0.25, -0.2) is 24.0 Å². The van der Waals surface area contributed by atoms with Gasteiger partial charge in [0.05, 0.1) is 0 Å². The van der Waals surface area contributed by atoms with E-state index in [0.29, 0.717) is 11.4 Å². The van der Waals surface area contributed by atoms with Gasteiger partial charge >= 0.3 is 5.69 Å². The minimum atomic E-state index is -0.187. The first-order valence-electron chi connectivity index (χ1n) is 7.78. The minimum Gasteiger partial charge on any atom is -0.355 e. The van der Waals surface area contributed by atoms with Crippen molar-refractivity contribution in [2.75, 3.05) is 18.0 Å². The van der Waals surface area contributed by atoms with Crippen molar-refractivity contribution in [2.45, 2.75) is 32.6 Å². The van der Waals surface area contributed by atoms with Crippen LogP contribution in [-0.2, 0) is 13.5 Å². The normalized spacial score (nSPS) is 16.0.